The zero-order chi connectivity index (χ0) is 16.3. The van der Waals surface area contributed by atoms with Crippen molar-refractivity contribution in [3.63, 3.8) is 0 Å². The standard InChI is InChI=1S/C18H23ClN2O2/c1-14(2)17-11-22-18(23-17,12-21-10-9-20-13-21)8-7-15-5-3-4-6-16(15)19/h3-6,9-10,13-14,17H,7-8,11-12H2,1-2H3. The Morgan fingerprint density at radius 2 is 2.22 bits per heavy atom. The SMILES string of the molecule is CC(C)C1COC(CCc2ccccc2Cl)(Cn2ccnc2)O1. The van der Waals surface area contributed by atoms with Crippen LogP contribution < -0.4 is 0 Å². The van der Waals surface area contributed by atoms with Crippen LogP contribution in [-0.2, 0) is 22.4 Å². The first-order valence-corrected chi connectivity index (χ1v) is 8.47. The van der Waals surface area contributed by atoms with E-state index in [0.717, 1.165) is 23.4 Å². The van der Waals surface area contributed by atoms with Gasteiger partial charge in [-0.3, -0.25) is 0 Å². The van der Waals surface area contributed by atoms with Crippen molar-refractivity contribution in [2.75, 3.05) is 6.61 Å². The molecule has 5 heteroatoms. The van der Waals surface area contributed by atoms with Crippen molar-refractivity contribution in [1.82, 2.24) is 9.55 Å². The minimum absolute atomic E-state index is 0.129. The molecule has 1 aliphatic rings. The summed E-state index contributed by atoms with van der Waals surface area (Å²) in [6, 6.07) is 7.94. The van der Waals surface area contributed by atoms with Crippen LogP contribution in [0.2, 0.25) is 5.02 Å². The van der Waals surface area contributed by atoms with E-state index in [1.807, 2.05) is 29.0 Å². The molecule has 0 spiro atoms. The molecule has 1 aromatic carbocycles. The molecule has 2 atom stereocenters. The quantitative estimate of drug-likeness (QED) is 0.803. The largest absolute Gasteiger partial charge is 0.345 e. The fourth-order valence-corrected chi connectivity index (χ4v) is 3.11. The highest BCUT2D eigenvalue weighted by molar-refractivity contribution is 6.31. The highest BCUT2D eigenvalue weighted by atomic mass is 35.5. The van der Waals surface area contributed by atoms with E-state index in [9.17, 15) is 0 Å². The monoisotopic (exact) mass is 334 g/mol. The van der Waals surface area contributed by atoms with Crippen LogP contribution in [-0.4, -0.2) is 28.0 Å². The fraction of sp³-hybridized carbons (Fsp3) is 0.500. The van der Waals surface area contributed by atoms with Gasteiger partial charge in [0.15, 0.2) is 5.79 Å². The molecule has 0 aliphatic carbocycles. The lowest BCUT2D eigenvalue weighted by atomic mass is 10.0. The zero-order valence-electron chi connectivity index (χ0n) is 13.6. The van der Waals surface area contributed by atoms with Crippen LogP contribution in [0, 0.1) is 5.92 Å². The summed E-state index contributed by atoms with van der Waals surface area (Å²) >= 11 is 6.28. The molecule has 4 nitrogen and oxygen atoms in total. The molecule has 2 heterocycles. The van der Waals surface area contributed by atoms with E-state index < -0.39 is 5.79 Å². The molecule has 0 radical (unpaired) electrons. The maximum absolute atomic E-state index is 6.33. The molecule has 0 amide bonds. The zero-order valence-corrected chi connectivity index (χ0v) is 14.4. The van der Waals surface area contributed by atoms with Crippen molar-refractivity contribution < 1.29 is 9.47 Å². The van der Waals surface area contributed by atoms with E-state index in [1.54, 1.807) is 12.5 Å². The molecule has 1 saturated heterocycles. The van der Waals surface area contributed by atoms with Crippen molar-refractivity contribution in [2.45, 2.75) is 45.1 Å². The van der Waals surface area contributed by atoms with Crippen molar-refractivity contribution >= 4 is 11.6 Å². The van der Waals surface area contributed by atoms with Crippen LogP contribution in [0.3, 0.4) is 0 Å². The first-order valence-electron chi connectivity index (χ1n) is 8.09. The predicted octanol–water partition coefficient (Wildman–Crippen LogP) is 3.94. The number of benzene rings is 1. The second kappa shape index (κ2) is 7.04. The molecule has 0 saturated carbocycles. The third-order valence-electron chi connectivity index (χ3n) is 4.34. The van der Waals surface area contributed by atoms with E-state index in [1.165, 1.54) is 0 Å². The lowest BCUT2D eigenvalue weighted by molar-refractivity contribution is -0.185. The van der Waals surface area contributed by atoms with Crippen LogP contribution in [0.15, 0.2) is 43.0 Å². The van der Waals surface area contributed by atoms with Crippen LogP contribution in [0.1, 0.15) is 25.8 Å². The molecule has 0 N–H and O–H groups in total. The Balaban J connectivity index is 1.74. The third-order valence-corrected chi connectivity index (χ3v) is 4.70. The average Bonchev–Trinajstić information content (AvgIpc) is 3.17. The minimum Gasteiger partial charge on any atom is -0.345 e. The van der Waals surface area contributed by atoms with Gasteiger partial charge in [0, 0.05) is 23.8 Å². The average molecular weight is 335 g/mol. The molecule has 2 aromatic rings. The number of rotatable bonds is 6. The van der Waals surface area contributed by atoms with E-state index >= 15 is 0 Å². The van der Waals surface area contributed by atoms with Crippen molar-refractivity contribution in [3.05, 3.63) is 53.6 Å². The summed E-state index contributed by atoms with van der Waals surface area (Å²) in [6.45, 7) is 5.60. The molecule has 1 aromatic heterocycles. The Hall–Kier alpha value is -1.36. The van der Waals surface area contributed by atoms with Crippen molar-refractivity contribution in [3.8, 4) is 0 Å². The molecular weight excluding hydrogens is 312 g/mol. The van der Waals surface area contributed by atoms with Crippen LogP contribution >= 0.6 is 11.6 Å². The highest BCUT2D eigenvalue weighted by Crippen LogP contribution is 2.34. The van der Waals surface area contributed by atoms with E-state index in [0.29, 0.717) is 19.1 Å². The molecule has 2 unspecified atom stereocenters. The van der Waals surface area contributed by atoms with Gasteiger partial charge in [-0.05, 0) is 24.0 Å². The topological polar surface area (TPSA) is 36.3 Å². The summed E-state index contributed by atoms with van der Waals surface area (Å²) in [6.07, 6.45) is 7.22. The number of hydrogen-bond donors (Lipinski definition) is 0. The summed E-state index contributed by atoms with van der Waals surface area (Å²) in [5.74, 6) is -0.186. The van der Waals surface area contributed by atoms with Gasteiger partial charge in [0.1, 0.15) is 0 Å². The molecule has 23 heavy (non-hydrogen) atoms. The molecule has 3 rings (SSSR count). The molecule has 0 bridgehead atoms. The predicted molar refractivity (Wildman–Crippen MR) is 90.4 cm³/mol. The van der Waals surface area contributed by atoms with Gasteiger partial charge in [-0.1, -0.05) is 43.6 Å². The highest BCUT2D eigenvalue weighted by Gasteiger charge is 2.42. The van der Waals surface area contributed by atoms with Gasteiger partial charge in [0.05, 0.1) is 25.6 Å². The number of nitrogens with zero attached hydrogens (tertiary/aromatic N) is 2. The fourth-order valence-electron chi connectivity index (χ4n) is 2.88. The van der Waals surface area contributed by atoms with Gasteiger partial charge in [-0.25, -0.2) is 4.98 Å². The lowest BCUT2D eigenvalue weighted by Gasteiger charge is -2.29. The Bertz CT molecular complexity index is 630. The second-order valence-electron chi connectivity index (χ2n) is 6.45. The Kier molecular flexibility index (Phi) is 5.05. The van der Waals surface area contributed by atoms with Gasteiger partial charge in [-0.2, -0.15) is 0 Å². The summed E-state index contributed by atoms with van der Waals surface area (Å²) < 4.78 is 14.5. The third kappa shape index (κ3) is 3.94. The summed E-state index contributed by atoms with van der Waals surface area (Å²) in [7, 11) is 0. The maximum atomic E-state index is 6.33. The summed E-state index contributed by atoms with van der Waals surface area (Å²) in [5.41, 5.74) is 1.12. The molecule has 1 fully saturated rings. The smallest absolute Gasteiger partial charge is 0.187 e. The number of aromatic nitrogens is 2. The Labute approximate surface area is 142 Å². The second-order valence-corrected chi connectivity index (χ2v) is 6.86. The maximum Gasteiger partial charge on any atom is 0.187 e. The first-order chi connectivity index (χ1) is 11.1. The molecule has 1 aliphatic heterocycles. The number of hydrogen-bond acceptors (Lipinski definition) is 3. The van der Waals surface area contributed by atoms with Crippen LogP contribution in [0.5, 0.6) is 0 Å². The lowest BCUT2D eigenvalue weighted by Crippen LogP contribution is -2.37. The van der Waals surface area contributed by atoms with Gasteiger partial charge in [-0.15, -0.1) is 0 Å². The van der Waals surface area contributed by atoms with E-state index in [-0.39, 0.29) is 6.10 Å². The first kappa shape index (κ1) is 16.5. The van der Waals surface area contributed by atoms with Crippen LogP contribution in [0.25, 0.3) is 0 Å². The Morgan fingerprint density at radius 1 is 1.39 bits per heavy atom. The number of ether oxygens (including phenoxy) is 2. The summed E-state index contributed by atoms with van der Waals surface area (Å²) in [4.78, 5) is 4.11. The van der Waals surface area contributed by atoms with Crippen LogP contribution in [0.4, 0.5) is 0 Å². The van der Waals surface area contributed by atoms with E-state index in [2.05, 4.69) is 24.9 Å². The number of aryl methyl sites for hydroxylation is 1. The van der Waals surface area contributed by atoms with Gasteiger partial charge in [0.2, 0.25) is 0 Å². The minimum atomic E-state index is -0.616. The van der Waals surface area contributed by atoms with E-state index in [4.69, 9.17) is 21.1 Å². The van der Waals surface area contributed by atoms with Crippen molar-refractivity contribution in [2.24, 2.45) is 5.92 Å². The normalized spacial score (nSPS) is 24.4. The summed E-state index contributed by atoms with van der Waals surface area (Å²) in [5, 5.41) is 0.795. The molecule has 124 valence electrons. The Morgan fingerprint density at radius 3 is 2.87 bits per heavy atom. The van der Waals surface area contributed by atoms with Gasteiger partial charge >= 0.3 is 0 Å². The number of imidazole rings is 1. The molecular formula is C18H23ClN2O2. The van der Waals surface area contributed by atoms with Crippen molar-refractivity contribution in [1.29, 1.82) is 0 Å². The van der Waals surface area contributed by atoms with Gasteiger partial charge in [0.25, 0.3) is 0 Å². The van der Waals surface area contributed by atoms with Gasteiger partial charge < -0.3 is 14.0 Å². The number of halogens is 1.